The van der Waals surface area contributed by atoms with Crippen LogP contribution in [0.1, 0.15) is 17.0 Å². The Bertz CT molecular complexity index is 1360. The number of nitrogens with zero attached hydrogens (tertiary/aromatic N) is 5. The minimum Gasteiger partial charge on any atom is -0.485 e. The lowest BCUT2D eigenvalue weighted by Crippen LogP contribution is -2.57. The molecule has 0 bridgehead atoms. The lowest BCUT2D eigenvalue weighted by atomic mass is 10.2. The summed E-state index contributed by atoms with van der Waals surface area (Å²) in [6.45, 7) is 7.62. The van der Waals surface area contributed by atoms with Gasteiger partial charge in [0.25, 0.3) is 11.9 Å². The number of hydrogen-bond acceptors (Lipinski definition) is 7. The Morgan fingerprint density at radius 2 is 1.54 bits per heavy atom. The summed E-state index contributed by atoms with van der Waals surface area (Å²) in [6, 6.07) is 16.2. The average Bonchev–Trinajstić information content (AvgIpc) is 2.93. The first kappa shape index (κ1) is 26.0. The number of benzene rings is 2. The second-order valence-electron chi connectivity index (χ2n) is 9.51. The second kappa shape index (κ2) is 11.4. The topological polar surface area (TPSA) is 121 Å². The fraction of sp³-hybridized carbons (Fsp3) is 0.321. The summed E-state index contributed by atoms with van der Waals surface area (Å²) >= 11 is 0. The number of aryl methyl sites for hydroxylation is 3. The van der Waals surface area contributed by atoms with Crippen LogP contribution >= 0.6 is 0 Å². The van der Waals surface area contributed by atoms with Crippen LogP contribution in [0.2, 0.25) is 0 Å². The molecule has 3 heterocycles. The number of amides is 3. The van der Waals surface area contributed by atoms with E-state index in [1.54, 1.807) is 11.0 Å². The highest BCUT2D eigenvalue weighted by Crippen LogP contribution is 2.31. The predicted octanol–water partition coefficient (Wildman–Crippen LogP) is 3.20. The summed E-state index contributed by atoms with van der Waals surface area (Å²) in [5.41, 5.74) is 3.30. The van der Waals surface area contributed by atoms with E-state index >= 15 is 0 Å². The molecule has 202 valence electrons. The van der Waals surface area contributed by atoms with Gasteiger partial charge in [0.1, 0.15) is 6.61 Å². The molecule has 1 unspecified atom stereocenters. The zero-order chi connectivity index (χ0) is 27.4. The van der Waals surface area contributed by atoms with Gasteiger partial charge >= 0.3 is 6.03 Å². The van der Waals surface area contributed by atoms with Crippen molar-refractivity contribution in [3.63, 3.8) is 0 Å². The Morgan fingerprint density at radius 1 is 0.897 bits per heavy atom. The fourth-order valence-electron chi connectivity index (χ4n) is 4.41. The van der Waals surface area contributed by atoms with Crippen molar-refractivity contribution in [2.45, 2.75) is 26.9 Å². The molecule has 5 rings (SSSR count). The number of aromatic nitrogens is 2. The Morgan fingerprint density at radius 3 is 2.23 bits per heavy atom. The third-order valence-electron chi connectivity index (χ3n) is 6.39. The third kappa shape index (κ3) is 6.43. The third-order valence-corrected chi connectivity index (χ3v) is 6.39. The molecule has 3 aromatic rings. The number of anilines is 1. The first-order valence-electron chi connectivity index (χ1n) is 12.8. The van der Waals surface area contributed by atoms with Crippen molar-refractivity contribution >= 4 is 29.5 Å². The standard InChI is InChI=1S/C28H31N7O4/c1-18-8-10-21(11-9-18)31-28(37)33-27(32-26-29-19(2)16-20(3)30-26)35-14-12-34(13-15-35)25(36)24-17-38-22-6-4-5-7-23(22)39-24/h4-11,16,24H,12-15,17H2,1-3H3,(H2,29,30,31,32,33,37). The van der Waals surface area contributed by atoms with Gasteiger partial charge in [0, 0.05) is 43.3 Å². The van der Waals surface area contributed by atoms with Crippen molar-refractivity contribution in [1.29, 1.82) is 0 Å². The molecule has 2 N–H and O–H groups in total. The molecule has 0 saturated carbocycles. The van der Waals surface area contributed by atoms with Crippen LogP contribution in [-0.2, 0) is 4.79 Å². The first-order chi connectivity index (χ1) is 18.8. The molecular weight excluding hydrogens is 498 g/mol. The van der Waals surface area contributed by atoms with Gasteiger partial charge in [-0.2, -0.15) is 4.99 Å². The van der Waals surface area contributed by atoms with Gasteiger partial charge in [-0.3, -0.25) is 10.1 Å². The number of carbonyl (C=O) groups excluding carboxylic acids is 2. The summed E-state index contributed by atoms with van der Waals surface area (Å²) < 4.78 is 11.6. The molecule has 0 aliphatic carbocycles. The molecule has 1 fully saturated rings. The van der Waals surface area contributed by atoms with E-state index < -0.39 is 12.1 Å². The van der Waals surface area contributed by atoms with Crippen LogP contribution in [0.15, 0.2) is 59.6 Å². The van der Waals surface area contributed by atoms with Gasteiger partial charge in [-0.15, -0.1) is 0 Å². The predicted molar refractivity (Wildman–Crippen MR) is 146 cm³/mol. The summed E-state index contributed by atoms with van der Waals surface area (Å²) in [4.78, 5) is 43.1. The minimum absolute atomic E-state index is 0.134. The van der Waals surface area contributed by atoms with E-state index in [0.29, 0.717) is 49.3 Å². The van der Waals surface area contributed by atoms with Crippen LogP contribution in [0.25, 0.3) is 0 Å². The van der Waals surface area contributed by atoms with E-state index in [1.807, 2.05) is 74.2 Å². The number of nitrogens with one attached hydrogen (secondary N) is 2. The van der Waals surface area contributed by atoms with Crippen LogP contribution < -0.4 is 20.1 Å². The highest BCUT2D eigenvalue weighted by Gasteiger charge is 2.33. The monoisotopic (exact) mass is 529 g/mol. The van der Waals surface area contributed by atoms with Crippen molar-refractivity contribution in [3.8, 4) is 11.5 Å². The Hall–Kier alpha value is -4.67. The minimum atomic E-state index is -0.707. The molecule has 1 saturated heterocycles. The average molecular weight is 530 g/mol. The van der Waals surface area contributed by atoms with Crippen molar-refractivity contribution in [1.82, 2.24) is 25.1 Å². The van der Waals surface area contributed by atoms with E-state index in [2.05, 4.69) is 25.6 Å². The summed E-state index contributed by atoms with van der Waals surface area (Å²) in [6.07, 6.45) is -0.707. The van der Waals surface area contributed by atoms with Crippen molar-refractivity contribution in [2.75, 3.05) is 38.1 Å². The lowest BCUT2D eigenvalue weighted by Gasteiger charge is -2.38. The maximum absolute atomic E-state index is 13.2. The molecule has 39 heavy (non-hydrogen) atoms. The molecule has 11 nitrogen and oxygen atoms in total. The highest BCUT2D eigenvalue weighted by atomic mass is 16.6. The van der Waals surface area contributed by atoms with Gasteiger partial charge in [-0.05, 0) is 51.1 Å². The molecule has 2 aliphatic heterocycles. The van der Waals surface area contributed by atoms with Crippen LogP contribution in [0.3, 0.4) is 0 Å². The molecular formula is C28H31N7O4. The quantitative estimate of drug-likeness (QED) is 0.395. The van der Waals surface area contributed by atoms with Crippen LogP contribution in [-0.4, -0.2) is 76.6 Å². The van der Waals surface area contributed by atoms with Gasteiger partial charge in [-0.1, -0.05) is 29.8 Å². The van der Waals surface area contributed by atoms with Gasteiger partial charge in [0.05, 0.1) is 0 Å². The molecule has 3 amide bonds. The molecule has 11 heteroatoms. The fourth-order valence-corrected chi connectivity index (χ4v) is 4.41. The number of piperazine rings is 1. The van der Waals surface area contributed by atoms with E-state index in [1.165, 1.54) is 0 Å². The number of para-hydroxylation sites is 2. The molecule has 2 aliphatic rings. The normalized spacial score (nSPS) is 17.0. The number of ether oxygens (including phenoxy) is 2. The van der Waals surface area contributed by atoms with Crippen molar-refractivity contribution in [3.05, 3.63) is 71.5 Å². The highest BCUT2D eigenvalue weighted by molar-refractivity contribution is 6.03. The van der Waals surface area contributed by atoms with E-state index in [-0.39, 0.29) is 18.5 Å². The van der Waals surface area contributed by atoms with Gasteiger partial charge in [-0.25, -0.2) is 14.8 Å². The maximum atomic E-state index is 13.2. The van der Waals surface area contributed by atoms with E-state index in [0.717, 1.165) is 17.0 Å². The molecule has 1 aromatic heterocycles. The summed E-state index contributed by atoms with van der Waals surface area (Å²) in [5.74, 6) is 1.62. The number of aliphatic imine (C=N–C) groups is 1. The Labute approximate surface area is 226 Å². The largest absolute Gasteiger partial charge is 0.485 e. The van der Waals surface area contributed by atoms with Crippen molar-refractivity contribution < 1.29 is 19.1 Å². The van der Waals surface area contributed by atoms with Gasteiger partial charge < -0.3 is 24.6 Å². The summed E-state index contributed by atoms with van der Waals surface area (Å²) in [7, 11) is 0. The van der Waals surface area contributed by atoms with Gasteiger partial charge in [0.15, 0.2) is 11.5 Å². The van der Waals surface area contributed by atoms with Crippen molar-refractivity contribution in [2.24, 2.45) is 4.99 Å². The number of fused-ring (bicyclic) bond motifs is 1. The number of urea groups is 1. The number of rotatable bonds is 3. The number of carbonyl (C=O) groups is 2. The lowest BCUT2D eigenvalue weighted by molar-refractivity contribution is -0.142. The zero-order valence-electron chi connectivity index (χ0n) is 22.2. The Kier molecular flexibility index (Phi) is 7.57. The van der Waals surface area contributed by atoms with Crippen LogP contribution in [0.5, 0.6) is 11.5 Å². The zero-order valence-corrected chi connectivity index (χ0v) is 22.2. The van der Waals surface area contributed by atoms with Crippen LogP contribution in [0.4, 0.5) is 16.4 Å². The Balaban J connectivity index is 1.27. The van der Waals surface area contributed by atoms with E-state index in [4.69, 9.17) is 9.47 Å². The molecule has 1 atom stereocenters. The van der Waals surface area contributed by atoms with Gasteiger partial charge in [0.2, 0.25) is 12.1 Å². The maximum Gasteiger partial charge on any atom is 0.326 e. The summed E-state index contributed by atoms with van der Waals surface area (Å²) in [5, 5.41) is 5.69. The number of guanidine groups is 1. The van der Waals surface area contributed by atoms with Crippen LogP contribution in [0, 0.1) is 20.8 Å². The SMILES string of the molecule is Cc1ccc(NC(=O)N/C(=N/c2nc(C)cc(C)n2)N2CCN(C(=O)C3COc4ccccc4O3)CC2)cc1. The van der Waals surface area contributed by atoms with E-state index in [9.17, 15) is 9.59 Å². The molecule has 2 aromatic carbocycles. The smallest absolute Gasteiger partial charge is 0.326 e. The number of hydrogen-bond donors (Lipinski definition) is 2. The first-order valence-corrected chi connectivity index (χ1v) is 12.8. The molecule has 0 radical (unpaired) electrons. The molecule has 0 spiro atoms. The second-order valence-corrected chi connectivity index (χ2v) is 9.51.